The second-order valence-corrected chi connectivity index (χ2v) is 8.40. The van der Waals surface area contributed by atoms with Crippen molar-refractivity contribution in [2.45, 2.75) is 20.8 Å². The molecule has 0 unspecified atom stereocenters. The highest BCUT2D eigenvalue weighted by molar-refractivity contribution is 5.74. The van der Waals surface area contributed by atoms with Gasteiger partial charge in [0.05, 0.1) is 17.3 Å². The van der Waals surface area contributed by atoms with Crippen LogP contribution in [0, 0.1) is 12.3 Å². The Kier molecular flexibility index (Phi) is 5.77. The number of carboxylic acid groups (broad SMARTS) is 1. The molecule has 32 heavy (non-hydrogen) atoms. The molecule has 2 aromatic carbocycles. The summed E-state index contributed by atoms with van der Waals surface area (Å²) < 4.78 is 5.56. The fourth-order valence-corrected chi connectivity index (χ4v) is 3.28. The maximum Gasteiger partial charge on any atom is 0.312 e. The fourth-order valence-electron chi connectivity index (χ4n) is 3.28. The van der Waals surface area contributed by atoms with Gasteiger partial charge in [0.25, 0.3) is 0 Å². The fraction of sp³-hybridized carbons (Fsp3) is 0.192. The van der Waals surface area contributed by atoms with Gasteiger partial charge in [0.15, 0.2) is 0 Å². The second-order valence-electron chi connectivity index (χ2n) is 8.40. The minimum atomic E-state index is -0.973. The van der Waals surface area contributed by atoms with Gasteiger partial charge in [0.2, 0.25) is 5.88 Å². The van der Waals surface area contributed by atoms with E-state index in [9.17, 15) is 9.90 Å². The van der Waals surface area contributed by atoms with Crippen molar-refractivity contribution in [3.05, 3.63) is 78.6 Å². The Morgan fingerprint density at radius 3 is 2.38 bits per heavy atom. The van der Waals surface area contributed by atoms with Crippen molar-refractivity contribution in [2.24, 2.45) is 5.41 Å². The van der Waals surface area contributed by atoms with Crippen LogP contribution in [0.3, 0.4) is 0 Å². The number of aryl methyl sites for hydroxylation is 1. The number of imidazole rings is 1. The van der Waals surface area contributed by atoms with Crippen molar-refractivity contribution >= 4 is 5.97 Å². The molecular formula is C26H25N3O3. The number of H-pyrrole nitrogens is 1. The molecule has 4 aromatic rings. The number of aliphatic carboxylic acids is 1. The zero-order valence-electron chi connectivity index (χ0n) is 18.3. The highest BCUT2D eigenvalue weighted by atomic mass is 16.5. The molecule has 162 valence electrons. The average molecular weight is 428 g/mol. The molecule has 4 rings (SSSR count). The molecule has 0 aliphatic heterocycles. The number of pyridine rings is 1. The molecule has 6 nitrogen and oxygen atoms in total. The van der Waals surface area contributed by atoms with E-state index in [2.05, 4.69) is 46.1 Å². The third kappa shape index (κ3) is 4.54. The van der Waals surface area contributed by atoms with Crippen LogP contribution in [0.1, 0.15) is 19.4 Å². The van der Waals surface area contributed by atoms with Gasteiger partial charge in [-0.2, -0.15) is 0 Å². The minimum absolute atomic E-state index is 0.0522. The number of ether oxygens (including phenoxy) is 1. The van der Waals surface area contributed by atoms with Crippen LogP contribution in [0.25, 0.3) is 33.8 Å². The van der Waals surface area contributed by atoms with Gasteiger partial charge in [-0.15, -0.1) is 0 Å². The quantitative estimate of drug-likeness (QED) is 0.401. The molecule has 0 amide bonds. The summed E-state index contributed by atoms with van der Waals surface area (Å²) in [4.78, 5) is 23.5. The summed E-state index contributed by atoms with van der Waals surface area (Å²) in [5.74, 6) is 0.327. The standard InChI is InChI=1S/C26H25N3O3/c1-17-13-19(20-10-12-23(27-14-20)32-16-26(2,3)25(30)31)9-11-21(17)24-28-15-22(29-24)18-7-5-4-6-8-18/h4-15H,16H2,1-3H3,(H,28,29)(H,30,31). The van der Waals surface area contributed by atoms with Gasteiger partial charge in [0, 0.05) is 23.4 Å². The number of aromatic amines is 1. The average Bonchev–Trinajstić information content (AvgIpc) is 3.28. The molecule has 2 heterocycles. The molecule has 2 aromatic heterocycles. The maximum atomic E-state index is 11.2. The van der Waals surface area contributed by atoms with E-state index < -0.39 is 11.4 Å². The van der Waals surface area contributed by atoms with Gasteiger partial charge < -0.3 is 14.8 Å². The van der Waals surface area contributed by atoms with Gasteiger partial charge in [-0.25, -0.2) is 9.97 Å². The third-order valence-corrected chi connectivity index (χ3v) is 5.37. The third-order valence-electron chi connectivity index (χ3n) is 5.37. The van der Waals surface area contributed by atoms with Gasteiger partial charge >= 0.3 is 5.97 Å². The Morgan fingerprint density at radius 2 is 1.72 bits per heavy atom. The number of hydrogen-bond donors (Lipinski definition) is 2. The van der Waals surface area contributed by atoms with E-state index in [0.29, 0.717) is 5.88 Å². The summed E-state index contributed by atoms with van der Waals surface area (Å²) in [5, 5.41) is 9.20. The van der Waals surface area contributed by atoms with Crippen molar-refractivity contribution < 1.29 is 14.6 Å². The van der Waals surface area contributed by atoms with Crippen LogP contribution in [-0.2, 0) is 4.79 Å². The van der Waals surface area contributed by atoms with Crippen LogP contribution >= 0.6 is 0 Å². The van der Waals surface area contributed by atoms with Crippen LogP contribution in [0.2, 0.25) is 0 Å². The first-order valence-corrected chi connectivity index (χ1v) is 10.4. The van der Waals surface area contributed by atoms with Crippen LogP contribution in [0.5, 0.6) is 5.88 Å². The summed E-state index contributed by atoms with van der Waals surface area (Å²) in [7, 11) is 0. The normalized spacial score (nSPS) is 11.3. The largest absolute Gasteiger partial charge is 0.481 e. The van der Waals surface area contributed by atoms with E-state index >= 15 is 0 Å². The highest BCUT2D eigenvalue weighted by Crippen LogP contribution is 2.29. The molecular weight excluding hydrogens is 402 g/mol. The first-order valence-electron chi connectivity index (χ1n) is 10.4. The lowest BCUT2D eigenvalue weighted by Gasteiger charge is -2.19. The molecule has 0 aliphatic rings. The molecule has 0 radical (unpaired) electrons. The first-order chi connectivity index (χ1) is 15.3. The van der Waals surface area contributed by atoms with E-state index in [0.717, 1.165) is 39.3 Å². The van der Waals surface area contributed by atoms with E-state index in [1.165, 1.54) is 0 Å². The van der Waals surface area contributed by atoms with Crippen molar-refractivity contribution in [2.75, 3.05) is 6.61 Å². The topological polar surface area (TPSA) is 88.1 Å². The smallest absolute Gasteiger partial charge is 0.312 e. The van der Waals surface area contributed by atoms with Gasteiger partial charge in [-0.3, -0.25) is 4.79 Å². The first kappa shape index (κ1) is 21.3. The van der Waals surface area contributed by atoms with Gasteiger partial charge in [-0.1, -0.05) is 48.5 Å². The Bertz CT molecular complexity index is 1230. The lowest BCUT2D eigenvalue weighted by atomic mass is 9.95. The summed E-state index contributed by atoms with van der Waals surface area (Å²) in [6.07, 6.45) is 3.59. The van der Waals surface area contributed by atoms with E-state index in [1.807, 2.05) is 36.5 Å². The molecule has 6 heteroatoms. The zero-order chi connectivity index (χ0) is 22.7. The minimum Gasteiger partial charge on any atom is -0.481 e. The molecule has 0 saturated heterocycles. The summed E-state index contributed by atoms with van der Waals surface area (Å²) >= 11 is 0. The van der Waals surface area contributed by atoms with Crippen LogP contribution in [0.4, 0.5) is 0 Å². The SMILES string of the molecule is Cc1cc(-c2ccc(OCC(C)(C)C(=O)O)nc2)ccc1-c1ncc(-c2ccccc2)[nH]1. The Morgan fingerprint density at radius 1 is 0.969 bits per heavy atom. The summed E-state index contributed by atoms with van der Waals surface area (Å²) in [6, 6.07) is 20.0. The highest BCUT2D eigenvalue weighted by Gasteiger charge is 2.28. The van der Waals surface area contributed by atoms with Crippen LogP contribution in [-0.4, -0.2) is 32.6 Å². The lowest BCUT2D eigenvalue weighted by Crippen LogP contribution is -2.30. The predicted octanol–water partition coefficient (Wildman–Crippen LogP) is 5.60. The van der Waals surface area contributed by atoms with Crippen molar-refractivity contribution in [3.8, 4) is 39.7 Å². The molecule has 0 aliphatic carbocycles. The number of rotatable bonds is 7. The van der Waals surface area contributed by atoms with E-state index in [-0.39, 0.29) is 6.61 Å². The number of aromatic nitrogens is 3. The van der Waals surface area contributed by atoms with E-state index in [4.69, 9.17) is 4.74 Å². The van der Waals surface area contributed by atoms with Crippen molar-refractivity contribution in [1.29, 1.82) is 0 Å². The van der Waals surface area contributed by atoms with Gasteiger partial charge in [0.1, 0.15) is 12.4 Å². The Balaban J connectivity index is 1.50. The van der Waals surface area contributed by atoms with Crippen LogP contribution in [0.15, 0.2) is 73.1 Å². The molecule has 0 bridgehead atoms. The lowest BCUT2D eigenvalue weighted by molar-refractivity contribution is -0.148. The van der Waals surface area contributed by atoms with Crippen molar-refractivity contribution in [3.63, 3.8) is 0 Å². The monoisotopic (exact) mass is 427 g/mol. The number of nitrogens with one attached hydrogen (secondary N) is 1. The molecule has 2 N–H and O–H groups in total. The molecule has 0 saturated carbocycles. The van der Waals surface area contributed by atoms with Crippen LogP contribution < -0.4 is 4.74 Å². The molecule has 0 fully saturated rings. The van der Waals surface area contributed by atoms with Gasteiger partial charge in [-0.05, 0) is 43.5 Å². The maximum absolute atomic E-state index is 11.2. The van der Waals surface area contributed by atoms with E-state index in [1.54, 1.807) is 26.1 Å². The molecule has 0 atom stereocenters. The predicted molar refractivity (Wildman–Crippen MR) is 124 cm³/mol. The molecule has 0 spiro atoms. The summed E-state index contributed by atoms with van der Waals surface area (Å²) in [5.41, 5.74) is 5.23. The second kappa shape index (κ2) is 8.67. The number of nitrogens with zero attached hydrogens (tertiary/aromatic N) is 2. The Labute approximate surface area is 187 Å². The summed E-state index contributed by atoms with van der Waals surface area (Å²) in [6.45, 7) is 5.35. The zero-order valence-corrected chi connectivity index (χ0v) is 18.3. The number of hydrogen-bond acceptors (Lipinski definition) is 4. The number of carboxylic acids is 1. The number of benzene rings is 2. The Hall–Kier alpha value is -3.93. The number of carbonyl (C=O) groups is 1. The van der Waals surface area contributed by atoms with Crippen molar-refractivity contribution in [1.82, 2.24) is 15.0 Å².